The SMILES string of the molecule is CCCNCC.O=[PH](O)O. The topological polar surface area (TPSA) is 69.6 Å². The van der Waals surface area contributed by atoms with Gasteiger partial charge in [0.1, 0.15) is 0 Å². The maximum Gasteiger partial charge on any atom is 0.314 e. The van der Waals surface area contributed by atoms with Crippen molar-refractivity contribution in [1.82, 2.24) is 5.32 Å². The quantitative estimate of drug-likeness (QED) is 0.421. The lowest BCUT2D eigenvalue weighted by Gasteiger charge is -1.91. The van der Waals surface area contributed by atoms with Crippen LogP contribution in [0.2, 0.25) is 0 Å². The Morgan fingerprint density at radius 2 is 1.80 bits per heavy atom. The normalized spacial score (nSPS) is 8.90. The summed E-state index contributed by atoms with van der Waals surface area (Å²) < 4.78 is 8.74. The Kier molecular flexibility index (Phi) is 15.1. The molecule has 0 radical (unpaired) electrons. The predicted octanol–water partition coefficient (Wildman–Crippen LogP) is 0.367. The zero-order valence-corrected chi connectivity index (χ0v) is 7.42. The number of hydrogen-bond acceptors (Lipinski definition) is 2. The summed E-state index contributed by atoms with van der Waals surface area (Å²) in [4.78, 5) is 14.3. The average molecular weight is 169 g/mol. The van der Waals surface area contributed by atoms with Crippen molar-refractivity contribution in [1.29, 1.82) is 0 Å². The van der Waals surface area contributed by atoms with E-state index in [4.69, 9.17) is 14.4 Å². The molecule has 4 nitrogen and oxygen atoms in total. The minimum Gasteiger partial charge on any atom is -0.326 e. The summed E-state index contributed by atoms with van der Waals surface area (Å²) in [6.45, 7) is 6.56. The second-order valence-corrected chi connectivity index (χ2v) is 2.20. The molecule has 0 aliphatic carbocycles. The summed E-state index contributed by atoms with van der Waals surface area (Å²) in [6, 6.07) is 0. The molecule has 0 aromatic heterocycles. The van der Waals surface area contributed by atoms with Crippen LogP contribution in [-0.4, -0.2) is 22.9 Å². The van der Waals surface area contributed by atoms with E-state index >= 15 is 0 Å². The highest BCUT2D eigenvalue weighted by molar-refractivity contribution is 7.30. The van der Waals surface area contributed by atoms with Gasteiger partial charge in [0.05, 0.1) is 0 Å². The largest absolute Gasteiger partial charge is 0.326 e. The van der Waals surface area contributed by atoms with Crippen molar-refractivity contribution in [3.63, 3.8) is 0 Å². The van der Waals surface area contributed by atoms with Crippen molar-refractivity contribution in [3.05, 3.63) is 0 Å². The molecule has 0 aromatic rings. The summed E-state index contributed by atoms with van der Waals surface area (Å²) in [5.41, 5.74) is 0. The maximum atomic E-state index is 8.74. The van der Waals surface area contributed by atoms with Gasteiger partial charge < -0.3 is 15.1 Å². The fourth-order valence-corrected chi connectivity index (χ4v) is 0.354. The van der Waals surface area contributed by atoms with Crippen LogP contribution in [0.5, 0.6) is 0 Å². The molecule has 5 heteroatoms. The maximum absolute atomic E-state index is 8.74. The van der Waals surface area contributed by atoms with Crippen LogP contribution in [0, 0.1) is 0 Å². The fourth-order valence-electron chi connectivity index (χ4n) is 0.354. The van der Waals surface area contributed by atoms with Crippen molar-refractivity contribution >= 4 is 8.25 Å². The van der Waals surface area contributed by atoms with E-state index in [1.807, 2.05) is 0 Å². The van der Waals surface area contributed by atoms with Crippen molar-refractivity contribution in [2.24, 2.45) is 0 Å². The first-order chi connectivity index (χ1) is 4.65. The smallest absolute Gasteiger partial charge is 0.314 e. The molecule has 0 rings (SSSR count). The van der Waals surface area contributed by atoms with Gasteiger partial charge in [-0.25, -0.2) is 0 Å². The molecule has 0 aliphatic rings. The van der Waals surface area contributed by atoms with E-state index < -0.39 is 8.25 Å². The molecule has 0 aromatic carbocycles. The Morgan fingerprint density at radius 3 is 1.90 bits per heavy atom. The first-order valence-electron chi connectivity index (χ1n) is 3.27. The van der Waals surface area contributed by atoms with E-state index in [0.29, 0.717) is 0 Å². The molecule has 0 unspecified atom stereocenters. The third-order valence-corrected chi connectivity index (χ3v) is 0.677. The van der Waals surface area contributed by atoms with Crippen LogP contribution in [0.15, 0.2) is 0 Å². The van der Waals surface area contributed by atoms with Gasteiger partial charge in [-0.2, -0.15) is 0 Å². The first-order valence-corrected chi connectivity index (χ1v) is 4.58. The number of hydrogen-bond donors (Lipinski definition) is 3. The average Bonchev–Trinajstić information content (AvgIpc) is 1.82. The molecule has 0 aliphatic heterocycles. The van der Waals surface area contributed by atoms with E-state index in [1.54, 1.807) is 0 Å². The van der Waals surface area contributed by atoms with Gasteiger partial charge in [0, 0.05) is 0 Å². The van der Waals surface area contributed by atoms with E-state index in [-0.39, 0.29) is 0 Å². The second kappa shape index (κ2) is 11.9. The minimum atomic E-state index is -3.13. The lowest BCUT2D eigenvalue weighted by molar-refractivity contribution is 0.405. The van der Waals surface area contributed by atoms with Crippen molar-refractivity contribution < 1.29 is 14.4 Å². The van der Waals surface area contributed by atoms with Crippen LogP contribution in [0.4, 0.5) is 0 Å². The molecular weight excluding hydrogens is 153 g/mol. The van der Waals surface area contributed by atoms with Crippen LogP contribution < -0.4 is 5.32 Å². The third kappa shape index (κ3) is 42.4. The van der Waals surface area contributed by atoms with Crippen LogP contribution >= 0.6 is 8.25 Å². The van der Waals surface area contributed by atoms with E-state index in [0.717, 1.165) is 13.1 Å². The van der Waals surface area contributed by atoms with Gasteiger partial charge in [-0.3, -0.25) is 4.57 Å². The summed E-state index contributed by atoms with van der Waals surface area (Å²) in [6.07, 6.45) is 1.24. The van der Waals surface area contributed by atoms with Crippen molar-refractivity contribution in [3.8, 4) is 0 Å². The Bertz CT molecular complexity index is 71.3. The Labute approximate surface area is 62.2 Å². The lowest BCUT2D eigenvalue weighted by Crippen LogP contribution is -2.12. The molecule has 0 fully saturated rings. The Morgan fingerprint density at radius 1 is 1.40 bits per heavy atom. The molecule has 0 saturated carbocycles. The predicted molar refractivity (Wildman–Crippen MR) is 42.3 cm³/mol. The number of rotatable bonds is 3. The molecule has 0 bridgehead atoms. The molecule has 0 heterocycles. The van der Waals surface area contributed by atoms with E-state index in [1.165, 1.54) is 6.42 Å². The molecule has 0 spiro atoms. The van der Waals surface area contributed by atoms with E-state index in [2.05, 4.69) is 19.2 Å². The van der Waals surface area contributed by atoms with Gasteiger partial charge in [0.2, 0.25) is 0 Å². The zero-order valence-electron chi connectivity index (χ0n) is 6.42. The van der Waals surface area contributed by atoms with Crippen LogP contribution in [0.3, 0.4) is 0 Å². The van der Waals surface area contributed by atoms with Gasteiger partial charge in [-0.1, -0.05) is 13.8 Å². The molecule has 0 atom stereocenters. The van der Waals surface area contributed by atoms with Crippen LogP contribution in [0.25, 0.3) is 0 Å². The van der Waals surface area contributed by atoms with Crippen LogP contribution in [0.1, 0.15) is 20.3 Å². The highest BCUT2D eigenvalue weighted by Crippen LogP contribution is 1.98. The summed E-state index contributed by atoms with van der Waals surface area (Å²) in [5.74, 6) is 0. The molecule has 0 amide bonds. The standard InChI is InChI=1S/C5H13N.H3O3P/c1-3-5-6-4-2;1-4(2)3/h6H,3-5H2,1-2H3;4H,(H2,1,2,3). The van der Waals surface area contributed by atoms with Gasteiger partial charge in [-0.15, -0.1) is 0 Å². The molecule has 10 heavy (non-hydrogen) atoms. The Balaban J connectivity index is 0. The zero-order chi connectivity index (χ0) is 8.41. The molecule has 64 valence electrons. The van der Waals surface area contributed by atoms with Crippen molar-refractivity contribution in [2.45, 2.75) is 20.3 Å². The lowest BCUT2D eigenvalue weighted by atomic mass is 10.5. The van der Waals surface area contributed by atoms with E-state index in [9.17, 15) is 0 Å². The number of nitrogens with one attached hydrogen (secondary N) is 1. The third-order valence-electron chi connectivity index (χ3n) is 0.677. The highest BCUT2D eigenvalue weighted by Gasteiger charge is 1.71. The minimum absolute atomic E-state index is 1.10. The summed E-state index contributed by atoms with van der Waals surface area (Å²) in [7, 11) is -3.13. The molecular formula is C5H16NO3P. The Hall–Kier alpha value is 0.110. The van der Waals surface area contributed by atoms with Gasteiger partial charge in [0.15, 0.2) is 0 Å². The summed E-state index contributed by atoms with van der Waals surface area (Å²) in [5, 5.41) is 3.20. The van der Waals surface area contributed by atoms with Crippen LogP contribution in [-0.2, 0) is 4.57 Å². The summed E-state index contributed by atoms with van der Waals surface area (Å²) >= 11 is 0. The van der Waals surface area contributed by atoms with Gasteiger partial charge in [-0.05, 0) is 19.5 Å². The van der Waals surface area contributed by atoms with Crippen molar-refractivity contribution in [2.75, 3.05) is 13.1 Å². The molecule has 0 saturated heterocycles. The first kappa shape index (κ1) is 12.8. The highest BCUT2D eigenvalue weighted by atomic mass is 31.1. The molecule has 3 N–H and O–H groups in total. The second-order valence-electron chi connectivity index (χ2n) is 1.64. The van der Waals surface area contributed by atoms with Gasteiger partial charge in [0.25, 0.3) is 0 Å². The fraction of sp³-hybridized carbons (Fsp3) is 1.00. The van der Waals surface area contributed by atoms with Gasteiger partial charge >= 0.3 is 8.25 Å². The monoisotopic (exact) mass is 169 g/mol.